The van der Waals surface area contributed by atoms with Gasteiger partial charge in [0.25, 0.3) is 5.91 Å². The van der Waals surface area contributed by atoms with Crippen molar-refractivity contribution >= 4 is 34.3 Å². The summed E-state index contributed by atoms with van der Waals surface area (Å²) in [5, 5.41) is 12.5. The molecule has 146 valence electrons. The van der Waals surface area contributed by atoms with Gasteiger partial charge in [0.15, 0.2) is 0 Å². The Hall–Kier alpha value is -3.11. The predicted octanol–water partition coefficient (Wildman–Crippen LogP) is 4.48. The molecular formula is C21H22N2O4S. The summed E-state index contributed by atoms with van der Waals surface area (Å²) in [5.74, 6) is -0.556. The zero-order chi connectivity index (χ0) is 20.8. The SMILES string of the molecule is COC(=O)c1c(NC(=O)C(C#N)=Cc2ccccc2OC(C)C)sc(C)c1C. The first-order valence-corrected chi connectivity index (χ1v) is 9.47. The molecule has 0 atom stereocenters. The largest absolute Gasteiger partial charge is 0.490 e. The topological polar surface area (TPSA) is 88.4 Å². The summed E-state index contributed by atoms with van der Waals surface area (Å²) in [6, 6.07) is 9.08. The molecule has 6 nitrogen and oxygen atoms in total. The van der Waals surface area contributed by atoms with E-state index in [0.717, 1.165) is 10.4 Å². The highest BCUT2D eigenvalue weighted by molar-refractivity contribution is 7.16. The number of hydrogen-bond donors (Lipinski definition) is 1. The number of para-hydroxylation sites is 1. The molecule has 0 fully saturated rings. The molecule has 7 heteroatoms. The number of ether oxygens (including phenoxy) is 2. The number of methoxy groups -OCH3 is 1. The summed E-state index contributed by atoms with van der Waals surface area (Å²) in [7, 11) is 1.28. The van der Waals surface area contributed by atoms with Crippen LogP contribution in [-0.2, 0) is 9.53 Å². The molecule has 0 aliphatic carbocycles. The minimum absolute atomic E-state index is 0.0476. The first-order chi connectivity index (χ1) is 13.3. The Balaban J connectivity index is 2.37. The molecule has 0 unspecified atom stereocenters. The number of carbonyl (C=O) groups excluding carboxylic acids is 2. The van der Waals surface area contributed by atoms with E-state index < -0.39 is 11.9 Å². The highest BCUT2D eigenvalue weighted by atomic mass is 32.1. The van der Waals surface area contributed by atoms with E-state index in [4.69, 9.17) is 9.47 Å². The second-order valence-corrected chi connectivity index (χ2v) is 7.53. The monoisotopic (exact) mass is 398 g/mol. The summed E-state index contributed by atoms with van der Waals surface area (Å²) in [4.78, 5) is 25.6. The molecule has 1 heterocycles. The third-order valence-electron chi connectivity index (χ3n) is 3.95. The minimum Gasteiger partial charge on any atom is -0.490 e. The van der Waals surface area contributed by atoms with Gasteiger partial charge in [-0.3, -0.25) is 4.79 Å². The van der Waals surface area contributed by atoms with Gasteiger partial charge in [-0.2, -0.15) is 5.26 Å². The van der Waals surface area contributed by atoms with Crippen molar-refractivity contribution in [2.45, 2.75) is 33.8 Å². The molecule has 2 rings (SSSR count). The van der Waals surface area contributed by atoms with Gasteiger partial charge in [-0.1, -0.05) is 18.2 Å². The minimum atomic E-state index is -0.603. The Morgan fingerprint density at radius 3 is 2.54 bits per heavy atom. The second kappa shape index (κ2) is 9.20. The lowest BCUT2D eigenvalue weighted by Gasteiger charge is -2.12. The molecule has 2 aromatic rings. The van der Waals surface area contributed by atoms with Gasteiger partial charge in [-0.15, -0.1) is 11.3 Å². The third-order valence-corrected chi connectivity index (χ3v) is 5.07. The Kier molecular flexibility index (Phi) is 6.96. The van der Waals surface area contributed by atoms with Crippen molar-refractivity contribution in [1.29, 1.82) is 5.26 Å². The van der Waals surface area contributed by atoms with E-state index in [1.165, 1.54) is 24.5 Å². The molecule has 1 aromatic carbocycles. The van der Waals surface area contributed by atoms with Crippen molar-refractivity contribution in [2.75, 3.05) is 12.4 Å². The molecule has 0 spiro atoms. The summed E-state index contributed by atoms with van der Waals surface area (Å²) >= 11 is 1.26. The van der Waals surface area contributed by atoms with Gasteiger partial charge in [0.05, 0.1) is 18.8 Å². The van der Waals surface area contributed by atoms with E-state index in [1.54, 1.807) is 25.1 Å². The van der Waals surface area contributed by atoms with Crippen molar-refractivity contribution in [1.82, 2.24) is 0 Å². The second-order valence-electron chi connectivity index (χ2n) is 6.31. The summed E-state index contributed by atoms with van der Waals surface area (Å²) < 4.78 is 10.5. The lowest BCUT2D eigenvalue weighted by molar-refractivity contribution is -0.112. The van der Waals surface area contributed by atoms with Gasteiger partial charge in [0.1, 0.15) is 22.4 Å². The van der Waals surface area contributed by atoms with Crippen LogP contribution in [0.3, 0.4) is 0 Å². The molecule has 0 aliphatic heterocycles. The number of rotatable bonds is 6. The van der Waals surface area contributed by atoms with Crippen molar-refractivity contribution in [3.63, 3.8) is 0 Å². The Labute approximate surface area is 168 Å². The number of nitrogens with zero attached hydrogens (tertiary/aromatic N) is 1. The van der Waals surface area contributed by atoms with Gasteiger partial charge < -0.3 is 14.8 Å². The van der Waals surface area contributed by atoms with Crippen molar-refractivity contribution in [3.05, 3.63) is 51.4 Å². The number of esters is 1. The highest BCUT2D eigenvalue weighted by Gasteiger charge is 2.22. The maximum atomic E-state index is 12.7. The van der Waals surface area contributed by atoms with E-state index in [1.807, 2.05) is 32.9 Å². The van der Waals surface area contributed by atoms with E-state index in [-0.39, 0.29) is 11.7 Å². The fraction of sp³-hybridized carbons (Fsp3) is 0.286. The van der Waals surface area contributed by atoms with Crippen LogP contribution in [0.4, 0.5) is 5.00 Å². The molecule has 1 N–H and O–H groups in total. The number of aryl methyl sites for hydroxylation is 1. The number of hydrogen-bond acceptors (Lipinski definition) is 6. The summed E-state index contributed by atoms with van der Waals surface area (Å²) in [6.07, 6.45) is 1.42. The smallest absolute Gasteiger partial charge is 0.341 e. The lowest BCUT2D eigenvalue weighted by atomic mass is 10.1. The molecular weight excluding hydrogens is 376 g/mol. The number of benzene rings is 1. The van der Waals surface area contributed by atoms with Crippen LogP contribution in [0.2, 0.25) is 0 Å². The zero-order valence-corrected chi connectivity index (χ0v) is 17.3. The van der Waals surface area contributed by atoms with Crippen molar-refractivity contribution in [2.24, 2.45) is 0 Å². The Morgan fingerprint density at radius 1 is 1.25 bits per heavy atom. The van der Waals surface area contributed by atoms with Crippen LogP contribution in [0.15, 0.2) is 29.8 Å². The van der Waals surface area contributed by atoms with Gasteiger partial charge in [-0.25, -0.2) is 4.79 Å². The summed E-state index contributed by atoms with van der Waals surface area (Å²) in [5.41, 5.74) is 1.57. The number of carbonyl (C=O) groups is 2. The standard InChI is InChI=1S/C21H22N2O4S/c1-12(2)27-17-9-7-6-8-15(17)10-16(11-22)19(24)23-20-18(21(25)26-5)13(3)14(4)28-20/h6-10,12H,1-5H3,(H,23,24). The maximum Gasteiger partial charge on any atom is 0.341 e. The number of amides is 1. The van der Waals surface area contributed by atoms with Crippen molar-refractivity contribution < 1.29 is 19.1 Å². The maximum absolute atomic E-state index is 12.7. The average molecular weight is 398 g/mol. The molecule has 1 amide bonds. The number of nitriles is 1. The number of nitrogens with one attached hydrogen (secondary N) is 1. The third kappa shape index (κ3) is 4.78. The molecule has 0 radical (unpaired) electrons. The highest BCUT2D eigenvalue weighted by Crippen LogP contribution is 2.33. The number of anilines is 1. The number of thiophene rings is 1. The fourth-order valence-corrected chi connectivity index (χ4v) is 3.54. The quantitative estimate of drug-likeness (QED) is 0.440. The molecule has 0 bridgehead atoms. The molecule has 28 heavy (non-hydrogen) atoms. The van der Waals surface area contributed by atoms with E-state index in [9.17, 15) is 14.9 Å². The summed E-state index contributed by atoms with van der Waals surface area (Å²) in [6.45, 7) is 7.43. The average Bonchev–Trinajstić information content (AvgIpc) is 2.93. The van der Waals surface area contributed by atoms with Gasteiger partial charge in [0, 0.05) is 10.4 Å². The van der Waals surface area contributed by atoms with Gasteiger partial charge in [0.2, 0.25) is 0 Å². The van der Waals surface area contributed by atoms with Crippen LogP contribution in [-0.4, -0.2) is 25.1 Å². The lowest BCUT2D eigenvalue weighted by Crippen LogP contribution is -2.15. The predicted molar refractivity (Wildman–Crippen MR) is 110 cm³/mol. The van der Waals surface area contributed by atoms with Gasteiger partial charge in [-0.05, 0) is 45.4 Å². The van der Waals surface area contributed by atoms with E-state index >= 15 is 0 Å². The zero-order valence-electron chi connectivity index (χ0n) is 16.5. The Bertz CT molecular complexity index is 967. The van der Waals surface area contributed by atoms with Crippen LogP contribution in [0.1, 0.15) is 40.2 Å². The van der Waals surface area contributed by atoms with Crippen LogP contribution >= 0.6 is 11.3 Å². The first-order valence-electron chi connectivity index (χ1n) is 8.65. The van der Waals surface area contributed by atoms with Crippen LogP contribution < -0.4 is 10.1 Å². The van der Waals surface area contributed by atoms with Gasteiger partial charge >= 0.3 is 5.97 Å². The normalized spacial score (nSPS) is 11.1. The molecule has 0 aliphatic rings. The van der Waals surface area contributed by atoms with E-state index in [0.29, 0.717) is 21.9 Å². The van der Waals surface area contributed by atoms with E-state index in [2.05, 4.69) is 5.32 Å². The van der Waals surface area contributed by atoms with Crippen LogP contribution in [0.5, 0.6) is 5.75 Å². The fourth-order valence-electron chi connectivity index (χ4n) is 2.50. The van der Waals surface area contributed by atoms with Crippen LogP contribution in [0, 0.1) is 25.2 Å². The van der Waals surface area contributed by atoms with Crippen LogP contribution in [0.25, 0.3) is 6.08 Å². The van der Waals surface area contributed by atoms with Crippen molar-refractivity contribution in [3.8, 4) is 11.8 Å². The Morgan fingerprint density at radius 2 is 1.93 bits per heavy atom. The molecule has 0 saturated heterocycles. The molecule has 1 aromatic heterocycles. The molecule has 0 saturated carbocycles. The first kappa shape index (κ1) is 21.2.